The molecule has 1 aliphatic rings. The van der Waals surface area contributed by atoms with Gasteiger partial charge in [0.25, 0.3) is 0 Å². The Morgan fingerprint density at radius 3 is 1.89 bits per heavy atom. The van der Waals surface area contributed by atoms with E-state index in [0.29, 0.717) is 0 Å². The first-order valence-corrected chi connectivity index (χ1v) is 8.12. The van der Waals surface area contributed by atoms with Gasteiger partial charge < -0.3 is 20.4 Å². The standard InChI is InChI=1S/C19H15NO8/c21-13(22)7-20(8-14(23)24)6-9-5-12-15(19(28)16(9)25)18(27)11-4-2-1-3-10(11)17(12)26/h1-5,25,28H,6-8H2,(H,21,22)(H,23,24). The molecule has 0 fully saturated rings. The predicted molar refractivity (Wildman–Crippen MR) is 93.6 cm³/mol. The number of hydrogen-bond acceptors (Lipinski definition) is 7. The third kappa shape index (κ3) is 3.30. The van der Waals surface area contributed by atoms with E-state index in [1.165, 1.54) is 18.2 Å². The van der Waals surface area contributed by atoms with Gasteiger partial charge in [0.2, 0.25) is 0 Å². The number of carbonyl (C=O) groups excluding carboxylic acids is 2. The fourth-order valence-electron chi connectivity index (χ4n) is 3.19. The average molecular weight is 385 g/mol. The summed E-state index contributed by atoms with van der Waals surface area (Å²) in [4.78, 5) is 48.3. The number of fused-ring (bicyclic) bond motifs is 2. The summed E-state index contributed by atoms with van der Waals surface area (Å²) in [5.41, 5.74) is -0.309. The van der Waals surface area contributed by atoms with Crippen molar-refractivity contribution in [3.63, 3.8) is 0 Å². The molecule has 0 saturated heterocycles. The summed E-state index contributed by atoms with van der Waals surface area (Å²) >= 11 is 0. The summed E-state index contributed by atoms with van der Waals surface area (Å²) in [5, 5.41) is 38.5. The Labute approximate surface area is 158 Å². The second-order valence-corrected chi connectivity index (χ2v) is 6.29. The molecule has 144 valence electrons. The Hall–Kier alpha value is -3.72. The molecule has 9 nitrogen and oxygen atoms in total. The normalized spacial score (nSPS) is 12.6. The lowest BCUT2D eigenvalue weighted by Crippen LogP contribution is -2.34. The van der Waals surface area contributed by atoms with Crippen LogP contribution in [0.15, 0.2) is 30.3 Å². The highest BCUT2D eigenvalue weighted by Gasteiger charge is 2.34. The largest absolute Gasteiger partial charge is 0.504 e. The Kier molecular flexibility index (Phi) is 4.85. The lowest BCUT2D eigenvalue weighted by molar-refractivity contribution is -0.142. The van der Waals surface area contributed by atoms with E-state index in [0.717, 1.165) is 4.90 Å². The van der Waals surface area contributed by atoms with E-state index in [1.807, 2.05) is 0 Å². The second kappa shape index (κ2) is 7.12. The van der Waals surface area contributed by atoms with Crippen LogP contribution in [-0.4, -0.2) is 61.9 Å². The van der Waals surface area contributed by atoms with Crippen molar-refractivity contribution in [2.75, 3.05) is 13.1 Å². The van der Waals surface area contributed by atoms with Crippen LogP contribution in [0.3, 0.4) is 0 Å². The molecule has 4 N–H and O–H groups in total. The van der Waals surface area contributed by atoms with E-state index in [2.05, 4.69) is 0 Å². The van der Waals surface area contributed by atoms with Gasteiger partial charge in [-0.15, -0.1) is 0 Å². The highest BCUT2D eigenvalue weighted by Crippen LogP contribution is 2.40. The average Bonchev–Trinajstić information content (AvgIpc) is 2.62. The maximum absolute atomic E-state index is 12.8. The number of carboxylic acid groups (broad SMARTS) is 2. The number of phenolic OH excluding ortho intramolecular Hbond substituents is 2. The highest BCUT2D eigenvalue weighted by atomic mass is 16.4. The molecule has 0 unspecified atom stereocenters. The number of hydrogen-bond donors (Lipinski definition) is 4. The number of nitrogens with zero attached hydrogens (tertiary/aromatic N) is 1. The summed E-state index contributed by atoms with van der Waals surface area (Å²) in [5.74, 6) is -5.25. The molecule has 28 heavy (non-hydrogen) atoms. The van der Waals surface area contributed by atoms with Crippen LogP contribution in [0.25, 0.3) is 0 Å². The second-order valence-electron chi connectivity index (χ2n) is 6.29. The topological polar surface area (TPSA) is 152 Å². The Morgan fingerprint density at radius 1 is 0.821 bits per heavy atom. The molecule has 9 heteroatoms. The molecule has 0 radical (unpaired) electrons. The lowest BCUT2D eigenvalue weighted by atomic mass is 9.82. The summed E-state index contributed by atoms with van der Waals surface area (Å²) < 4.78 is 0. The molecule has 0 spiro atoms. The van der Waals surface area contributed by atoms with Gasteiger partial charge >= 0.3 is 11.9 Å². The number of ketones is 2. The quantitative estimate of drug-likeness (QED) is 0.452. The summed E-state index contributed by atoms with van der Waals surface area (Å²) in [7, 11) is 0. The first-order valence-electron chi connectivity index (χ1n) is 8.12. The van der Waals surface area contributed by atoms with Gasteiger partial charge in [-0.1, -0.05) is 24.3 Å². The van der Waals surface area contributed by atoms with E-state index in [9.17, 15) is 29.4 Å². The van der Waals surface area contributed by atoms with Gasteiger partial charge in [-0.3, -0.25) is 24.1 Å². The molecule has 1 aliphatic carbocycles. The minimum atomic E-state index is -1.29. The Balaban J connectivity index is 2.08. The number of benzene rings is 2. The summed E-state index contributed by atoms with van der Waals surface area (Å²) in [6, 6.07) is 7.22. The molecule has 0 saturated carbocycles. The fraction of sp³-hybridized carbons (Fsp3) is 0.158. The van der Waals surface area contributed by atoms with Crippen molar-refractivity contribution in [3.8, 4) is 11.5 Å². The zero-order valence-electron chi connectivity index (χ0n) is 14.4. The Morgan fingerprint density at radius 2 is 1.36 bits per heavy atom. The van der Waals surface area contributed by atoms with E-state index >= 15 is 0 Å². The SMILES string of the molecule is O=C(O)CN(CC(=O)O)Cc1cc2c(c(O)c1O)C(=O)c1ccccc1C2=O. The van der Waals surface area contributed by atoms with Crippen molar-refractivity contribution in [2.45, 2.75) is 6.54 Å². The zero-order chi connectivity index (χ0) is 20.6. The van der Waals surface area contributed by atoms with E-state index in [1.54, 1.807) is 12.1 Å². The van der Waals surface area contributed by atoms with Gasteiger partial charge in [0, 0.05) is 28.8 Å². The summed E-state index contributed by atoms with van der Waals surface area (Å²) in [6.07, 6.45) is 0. The molecule has 0 aliphatic heterocycles. The van der Waals surface area contributed by atoms with Crippen LogP contribution in [-0.2, 0) is 16.1 Å². The first kappa shape index (κ1) is 19.1. The third-order valence-corrected chi connectivity index (χ3v) is 4.35. The number of phenols is 2. The minimum Gasteiger partial charge on any atom is -0.504 e. The molecule has 2 aromatic carbocycles. The minimum absolute atomic E-state index is 0.0701. The molecule has 0 heterocycles. The van der Waals surface area contributed by atoms with Crippen molar-refractivity contribution in [2.24, 2.45) is 0 Å². The number of rotatable bonds is 6. The monoisotopic (exact) mass is 385 g/mol. The number of carbonyl (C=O) groups is 4. The van der Waals surface area contributed by atoms with Crippen molar-refractivity contribution < 1.29 is 39.6 Å². The first-order chi connectivity index (χ1) is 13.2. The van der Waals surface area contributed by atoms with Crippen LogP contribution < -0.4 is 0 Å². The van der Waals surface area contributed by atoms with Crippen LogP contribution in [0.5, 0.6) is 11.5 Å². The van der Waals surface area contributed by atoms with Crippen molar-refractivity contribution >= 4 is 23.5 Å². The maximum atomic E-state index is 12.8. The molecule has 0 bridgehead atoms. The summed E-state index contributed by atoms with van der Waals surface area (Å²) in [6.45, 7) is -1.65. The molecule has 2 aromatic rings. The predicted octanol–water partition coefficient (Wildman–Crippen LogP) is 0.844. The van der Waals surface area contributed by atoms with Crippen molar-refractivity contribution in [1.82, 2.24) is 4.90 Å². The van der Waals surface area contributed by atoms with E-state index in [4.69, 9.17) is 10.2 Å². The van der Waals surface area contributed by atoms with Gasteiger partial charge in [0.15, 0.2) is 23.1 Å². The zero-order valence-corrected chi connectivity index (χ0v) is 14.4. The van der Waals surface area contributed by atoms with Gasteiger partial charge in [-0.05, 0) is 6.07 Å². The lowest BCUT2D eigenvalue weighted by Gasteiger charge is -2.23. The van der Waals surface area contributed by atoms with Crippen LogP contribution in [0.4, 0.5) is 0 Å². The fourth-order valence-corrected chi connectivity index (χ4v) is 3.19. The van der Waals surface area contributed by atoms with E-state index in [-0.39, 0.29) is 34.4 Å². The molecular formula is C19H15NO8. The number of aromatic hydroxyl groups is 2. The van der Waals surface area contributed by atoms with Crippen molar-refractivity contribution in [1.29, 1.82) is 0 Å². The molecule has 3 rings (SSSR count). The maximum Gasteiger partial charge on any atom is 0.317 e. The van der Waals surface area contributed by atoms with Crippen LogP contribution in [0.2, 0.25) is 0 Å². The smallest absolute Gasteiger partial charge is 0.317 e. The highest BCUT2D eigenvalue weighted by molar-refractivity contribution is 6.29. The molecular weight excluding hydrogens is 370 g/mol. The van der Waals surface area contributed by atoms with Gasteiger partial charge in [0.1, 0.15) is 0 Å². The third-order valence-electron chi connectivity index (χ3n) is 4.35. The van der Waals surface area contributed by atoms with Gasteiger partial charge in [0.05, 0.1) is 18.7 Å². The molecule has 0 amide bonds. The van der Waals surface area contributed by atoms with Crippen LogP contribution in [0, 0.1) is 0 Å². The van der Waals surface area contributed by atoms with Gasteiger partial charge in [-0.25, -0.2) is 0 Å². The van der Waals surface area contributed by atoms with Crippen LogP contribution in [0.1, 0.15) is 37.4 Å². The number of carboxylic acids is 2. The number of aliphatic carboxylic acids is 2. The molecule has 0 aromatic heterocycles. The Bertz CT molecular complexity index is 1010. The van der Waals surface area contributed by atoms with E-state index < -0.39 is 48.1 Å². The molecule has 0 atom stereocenters. The van der Waals surface area contributed by atoms with Crippen LogP contribution >= 0.6 is 0 Å². The van der Waals surface area contributed by atoms with Crippen molar-refractivity contribution in [3.05, 3.63) is 58.1 Å². The van der Waals surface area contributed by atoms with Gasteiger partial charge in [-0.2, -0.15) is 0 Å².